The van der Waals surface area contributed by atoms with Gasteiger partial charge in [-0.2, -0.15) is 0 Å². The van der Waals surface area contributed by atoms with Gasteiger partial charge in [0.2, 0.25) is 5.91 Å². The Morgan fingerprint density at radius 2 is 1.62 bits per heavy atom. The molecule has 2 aromatic carbocycles. The number of nitrogens with one attached hydrogen (secondary N) is 2. The lowest BCUT2D eigenvalue weighted by Crippen LogP contribution is -2.21. The number of rotatable bonds is 9. The quantitative estimate of drug-likeness (QED) is 0.589. The topological polar surface area (TPSA) is 84.5 Å². The highest BCUT2D eigenvalue weighted by molar-refractivity contribution is 6.31. The van der Waals surface area contributed by atoms with Crippen molar-refractivity contribution in [3.63, 3.8) is 0 Å². The number of benzene rings is 2. The van der Waals surface area contributed by atoms with Gasteiger partial charge in [-0.1, -0.05) is 42.8 Å². The van der Waals surface area contributed by atoms with E-state index >= 15 is 0 Å². The largest absolute Gasteiger partial charge is 0.456 e. The molecule has 0 spiro atoms. The van der Waals surface area contributed by atoms with Crippen molar-refractivity contribution in [1.29, 1.82) is 0 Å². The number of carbonyl (C=O) groups excluding carboxylic acids is 3. The predicted molar refractivity (Wildman–Crippen MR) is 114 cm³/mol. The van der Waals surface area contributed by atoms with Crippen LogP contribution in [-0.2, 0) is 25.5 Å². The lowest BCUT2D eigenvalue weighted by Gasteiger charge is -2.10. The molecule has 0 atom stereocenters. The number of aryl methyl sites for hydroxylation is 1. The smallest absolute Gasteiger partial charge is 0.306 e. The van der Waals surface area contributed by atoms with E-state index in [0.29, 0.717) is 17.1 Å². The van der Waals surface area contributed by atoms with Crippen LogP contribution < -0.4 is 10.6 Å². The summed E-state index contributed by atoms with van der Waals surface area (Å²) < 4.78 is 4.97. The summed E-state index contributed by atoms with van der Waals surface area (Å²) in [6.07, 6.45) is 1.42. The van der Waals surface area contributed by atoms with Gasteiger partial charge in [-0.3, -0.25) is 14.4 Å². The first kappa shape index (κ1) is 22.4. The number of carbonyl (C=O) groups is 3. The van der Waals surface area contributed by atoms with Gasteiger partial charge in [-0.05, 0) is 49.1 Å². The third kappa shape index (κ3) is 7.23. The van der Waals surface area contributed by atoms with Crippen molar-refractivity contribution in [3.05, 3.63) is 58.6 Å². The summed E-state index contributed by atoms with van der Waals surface area (Å²) in [5.74, 6) is -1.13. The maximum Gasteiger partial charge on any atom is 0.306 e. The Balaban J connectivity index is 1.68. The van der Waals surface area contributed by atoms with E-state index in [1.807, 2.05) is 31.2 Å². The van der Waals surface area contributed by atoms with Crippen molar-refractivity contribution in [1.82, 2.24) is 0 Å². The number of ether oxygens (including phenoxy) is 1. The molecule has 2 rings (SSSR count). The molecule has 0 bridgehead atoms. The van der Waals surface area contributed by atoms with Crippen LogP contribution in [0.2, 0.25) is 5.02 Å². The third-order valence-electron chi connectivity index (χ3n) is 4.36. The molecule has 154 valence electrons. The van der Waals surface area contributed by atoms with Gasteiger partial charge in [0.15, 0.2) is 6.61 Å². The van der Waals surface area contributed by atoms with Gasteiger partial charge in [0, 0.05) is 29.2 Å². The van der Waals surface area contributed by atoms with Crippen LogP contribution in [-0.4, -0.2) is 24.4 Å². The number of para-hydroxylation sites is 1. The number of esters is 1. The molecule has 7 heteroatoms. The highest BCUT2D eigenvalue weighted by Gasteiger charge is 2.11. The van der Waals surface area contributed by atoms with Crippen LogP contribution in [0.25, 0.3) is 0 Å². The molecule has 2 N–H and O–H groups in total. The van der Waals surface area contributed by atoms with Crippen molar-refractivity contribution in [2.45, 2.75) is 39.5 Å². The summed E-state index contributed by atoms with van der Waals surface area (Å²) in [5, 5.41) is 6.05. The fourth-order valence-electron chi connectivity index (χ4n) is 2.70. The maximum atomic E-state index is 12.1. The fraction of sp³-hybridized carbons (Fsp3) is 0.318. The second-order valence-corrected chi connectivity index (χ2v) is 6.94. The molecule has 0 heterocycles. The van der Waals surface area contributed by atoms with Gasteiger partial charge in [0.1, 0.15) is 0 Å². The van der Waals surface area contributed by atoms with Crippen LogP contribution in [0.4, 0.5) is 11.4 Å². The Labute approximate surface area is 175 Å². The van der Waals surface area contributed by atoms with E-state index in [1.165, 1.54) is 0 Å². The average molecular weight is 417 g/mol. The first-order valence-electron chi connectivity index (χ1n) is 9.49. The number of hydrogen-bond acceptors (Lipinski definition) is 4. The molecule has 0 saturated heterocycles. The van der Waals surface area contributed by atoms with E-state index in [4.69, 9.17) is 16.3 Å². The van der Waals surface area contributed by atoms with Crippen molar-refractivity contribution in [3.8, 4) is 0 Å². The molecule has 2 aromatic rings. The van der Waals surface area contributed by atoms with Crippen LogP contribution in [0.15, 0.2) is 42.5 Å². The highest BCUT2D eigenvalue weighted by Crippen LogP contribution is 2.22. The van der Waals surface area contributed by atoms with Gasteiger partial charge < -0.3 is 15.4 Å². The van der Waals surface area contributed by atoms with E-state index in [9.17, 15) is 14.4 Å². The van der Waals surface area contributed by atoms with Crippen LogP contribution in [0.1, 0.15) is 37.3 Å². The molecule has 0 radical (unpaired) electrons. The first-order valence-corrected chi connectivity index (χ1v) is 9.86. The van der Waals surface area contributed by atoms with Crippen LogP contribution in [0, 0.1) is 6.92 Å². The van der Waals surface area contributed by atoms with Gasteiger partial charge >= 0.3 is 5.97 Å². The molecular weight excluding hydrogens is 392 g/mol. The first-order chi connectivity index (χ1) is 13.9. The van der Waals surface area contributed by atoms with Crippen LogP contribution in [0.5, 0.6) is 0 Å². The van der Waals surface area contributed by atoms with Crippen LogP contribution in [0.3, 0.4) is 0 Å². The Morgan fingerprint density at radius 3 is 2.38 bits per heavy atom. The Hall–Kier alpha value is -2.86. The standard InChI is InChI=1S/C22H25ClN2O4/c1-3-16-8-4-5-10-19(16)25-20(26)12-7-13-22(28)29-14-21(27)24-18-11-6-9-17(23)15(18)2/h4-6,8-11H,3,7,12-14H2,1-2H3,(H,24,27)(H,25,26). The molecule has 0 aromatic heterocycles. The monoisotopic (exact) mass is 416 g/mol. The normalized spacial score (nSPS) is 10.3. The Bertz CT molecular complexity index is 883. The summed E-state index contributed by atoms with van der Waals surface area (Å²) in [5.41, 5.74) is 3.16. The zero-order valence-electron chi connectivity index (χ0n) is 16.6. The number of amides is 2. The van der Waals surface area contributed by atoms with Crippen molar-refractivity contribution >= 4 is 40.8 Å². The summed E-state index contributed by atoms with van der Waals surface area (Å²) in [6, 6.07) is 12.8. The molecule has 6 nitrogen and oxygen atoms in total. The molecule has 0 unspecified atom stereocenters. The summed E-state index contributed by atoms with van der Waals surface area (Å²) in [4.78, 5) is 35.8. The Morgan fingerprint density at radius 1 is 0.931 bits per heavy atom. The van der Waals surface area contributed by atoms with Gasteiger partial charge in [0.05, 0.1) is 0 Å². The van der Waals surface area contributed by atoms with Crippen molar-refractivity contribution < 1.29 is 19.1 Å². The molecular formula is C22H25ClN2O4. The van der Waals surface area contributed by atoms with E-state index in [1.54, 1.807) is 25.1 Å². The third-order valence-corrected chi connectivity index (χ3v) is 4.77. The lowest BCUT2D eigenvalue weighted by molar-refractivity contribution is -0.147. The minimum atomic E-state index is -0.523. The summed E-state index contributed by atoms with van der Waals surface area (Å²) >= 11 is 6.01. The average Bonchev–Trinajstić information content (AvgIpc) is 2.70. The fourth-order valence-corrected chi connectivity index (χ4v) is 2.88. The number of anilines is 2. The molecule has 0 aliphatic heterocycles. The van der Waals surface area contributed by atoms with E-state index in [2.05, 4.69) is 10.6 Å². The number of halogens is 1. The van der Waals surface area contributed by atoms with Crippen LogP contribution >= 0.6 is 11.6 Å². The highest BCUT2D eigenvalue weighted by atomic mass is 35.5. The maximum absolute atomic E-state index is 12.1. The van der Waals surface area contributed by atoms with E-state index < -0.39 is 11.9 Å². The van der Waals surface area contributed by atoms with Gasteiger partial charge in [-0.15, -0.1) is 0 Å². The van der Waals surface area contributed by atoms with Crippen molar-refractivity contribution in [2.24, 2.45) is 0 Å². The molecule has 29 heavy (non-hydrogen) atoms. The molecule has 0 saturated carbocycles. The SMILES string of the molecule is CCc1ccccc1NC(=O)CCCC(=O)OCC(=O)Nc1cccc(Cl)c1C. The molecule has 0 aliphatic carbocycles. The lowest BCUT2D eigenvalue weighted by atomic mass is 10.1. The zero-order valence-corrected chi connectivity index (χ0v) is 17.3. The number of hydrogen-bond donors (Lipinski definition) is 2. The molecule has 0 fully saturated rings. The summed E-state index contributed by atoms with van der Waals surface area (Å²) in [7, 11) is 0. The summed E-state index contributed by atoms with van der Waals surface area (Å²) in [6.45, 7) is 3.42. The molecule has 0 aliphatic rings. The predicted octanol–water partition coefficient (Wildman–Crippen LogP) is 4.50. The second kappa shape index (κ2) is 11.2. The van der Waals surface area contributed by atoms with E-state index in [0.717, 1.165) is 23.2 Å². The van der Waals surface area contributed by atoms with E-state index in [-0.39, 0.29) is 25.4 Å². The van der Waals surface area contributed by atoms with Gasteiger partial charge in [-0.25, -0.2) is 0 Å². The minimum absolute atomic E-state index is 0.0618. The van der Waals surface area contributed by atoms with Crippen molar-refractivity contribution in [2.75, 3.05) is 17.2 Å². The second-order valence-electron chi connectivity index (χ2n) is 6.53. The Kier molecular flexibility index (Phi) is 8.68. The van der Waals surface area contributed by atoms with Gasteiger partial charge in [0.25, 0.3) is 5.91 Å². The minimum Gasteiger partial charge on any atom is -0.456 e. The molecule has 2 amide bonds. The zero-order chi connectivity index (χ0) is 21.2.